The Morgan fingerprint density at radius 2 is 1.75 bits per heavy atom. The quantitative estimate of drug-likeness (QED) is 0.290. The highest BCUT2D eigenvalue weighted by Gasteiger charge is 2.34. The zero-order valence-electron chi connectivity index (χ0n) is 29.8. The minimum Gasteiger partial charge on any atom is -0.490 e. The number of amides is 3. The molecule has 0 aliphatic carbocycles. The Morgan fingerprint density at radius 1 is 1.06 bits per heavy atom. The third-order valence-electron chi connectivity index (χ3n) is 9.01. The minimum atomic E-state index is -3.96. The Kier molecular flexibility index (Phi) is 12.1. The Hall–Kier alpha value is -4.38. The lowest BCUT2D eigenvalue weighted by Gasteiger charge is -2.35. The van der Waals surface area contributed by atoms with Gasteiger partial charge in [-0.05, 0) is 77.3 Å². The van der Waals surface area contributed by atoms with Gasteiger partial charge in [0.2, 0.25) is 16.8 Å². The molecule has 0 unspecified atom stereocenters. The molecule has 5 rings (SSSR count). The summed E-state index contributed by atoms with van der Waals surface area (Å²) in [6.07, 6.45) is 1.30. The molecule has 0 saturated heterocycles. The van der Waals surface area contributed by atoms with Crippen molar-refractivity contribution >= 4 is 33.3 Å². The van der Waals surface area contributed by atoms with Gasteiger partial charge in [-0.25, -0.2) is 13.2 Å². The van der Waals surface area contributed by atoms with Crippen molar-refractivity contribution in [3.8, 4) is 17.2 Å². The maximum absolute atomic E-state index is 14.4. The van der Waals surface area contributed by atoms with Gasteiger partial charge in [0.25, 0.3) is 5.91 Å². The Morgan fingerprint density at radius 3 is 2.43 bits per heavy atom. The van der Waals surface area contributed by atoms with Crippen molar-refractivity contribution in [2.45, 2.75) is 77.0 Å². The average Bonchev–Trinajstić information content (AvgIpc) is 3.70. The summed E-state index contributed by atoms with van der Waals surface area (Å²) in [6.45, 7) is 8.94. The molecule has 0 fully saturated rings. The summed E-state index contributed by atoms with van der Waals surface area (Å²) in [5.41, 5.74) is 1.29. The number of likely N-dealkylation sites (N-methyl/N-ethyl adjacent to an activating group) is 1. The van der Waals surface area contributed by atoms with E-state index in [9.17, 15) is 23.1 Å². The summed E-state index contributed by atoms with van der Waals surface area (Å²) in [5, 5.41) is 19.6. The number of hydrogen-bond donors (Lipinski definition) is 3. The molecule has 16 heteroatoms. The van der Waals surface area contributed by atoms with Gasteiger partial charge in [-0.2, -0.15) is 4.31 Å². The van der Waals surface area contributed by atoms with Crippen LogP contribution in [0.4, 0.5) is 16.2 Å². The highest BCUT2D eigenvalue weighted by molar-refractivity contribution is 7.89. The molecule has 4 atom stereocenters. The molecule has 2 aliphatic heterocycles. The molecule has 3 amide bonds. The zero-order valence-corrected chi connectivity index (χ0v) is 30.6. The van der Waals surface area contributed by atoms with Gasteiger partial charge in [0.1, 0.15) is 16.3 Å². The van der Waals surface area contributed by atoms with Crippen molar-refractivity contribution in [2.75, 3.05) is 50.8 Å². The number of nitrogens with one attached hydrogen (secondary N) is 2. The van der Waals surface area contributed by atoms with Gasteiger partial charge in [0.15, 0.2) is 17.3 Å². The number of ether oxygens (including phenoxy) is 4. The van der Waals surface area contributed by atoms with Crippen molar-refractivity contribution in [2.24, 2.45) is 5.92 Å². The molecular weight excluding hydrogens is 682 g/mol. The highest BCUT2D eigenvalue weighted by Crippen LogP contribution is 2.34. The number of carbonyl (C=O) groups is 2. The SMILES string of the molecule is Cc1noc(C)c1S(=O)(=O)N(C)C[C@@H]1OCCCC[C@@H](C)Oc2ccc(NC(=O)Nc3ccc4c(c3)OCO4)cc2C(=O)N([C@@H](C)CO)C[C@H]1C. The van der Waals surface area contributed by atoms with Crippen LogP contribution >= 0.6 is 0 Å². The van der Waals surface area contributed by atoms with Gasteiger partial charge in [0, 0.05) is 50.1 Å². The lowest BCUT2D eigenvalue weighted by Crippen LogP contribution is -2.48. The van der Waals surface area contributed by atoms with Crippen molar-refractivity contribution in [3.05, 3.63) is 53.4 Å². The van der Waals surface area contributed by atoms with Crippen LogP contribution in [0.25, 0.3) is 0 Å². The third kappa shape index (κ3) is 8.92. The molecule has 0 saturated carbocycles. The van der Waals surface area contributed by atoms with Gasteiger partial charge in [-0.15, -0.1) is 0 Å². The van der Waals surface area contributed by atoms with Crippen LogP contribution in [0.5, 0.6) is 17.2 Å². The number of fused-ring (bicyclic) bond motifs is 2. The number of sulfonamides is 1. The van der Waals surface area contributed by atoms with Crippen molar-refractivity contribution in [1.82, 2.24) is 14.4 Å². The number of anilines is 2. The van der Waals surface area contributed by atoms with Gasteiger partial charge in [-0.1, -0.05) is 12.1 Å². The van der Waals surface area contributed by atoms with Gasteiger partial charge >= 0.3 is 6.03 Å². The molecule has 0 bridgehead atoms. The number of benzene rings is 2. The van der Waals surface area contributed by atoms with Crippen LogP contribution in [0.1, 0.15) is 61.8 Å². The second-order valence-corrected chi connectivity index (χ2v) is 15.1. The first-order valence-corrected chi connectivity index (χ1v) is 18.4. The number of hydrogen-bond acceptors (Lipinski definition) is 11. The van der Waals surface area contributed by atoms with Crippen LogP contribution in [0.2, 0.25) is 0 Å². The van der Waals surface area contributed by atoms with E-state index in [0.29, 0.717) is 48.1 Å². The van der Waals surface area contributed by atoms with Gasteiger partial charge < -0.3 is 44.1 Å². The first kappa shape index (κ1) is 37.9. The summed E-state index contributed by atoms with van der Waals surface area (Å²) in [4.78, 5) is 29.0. The smallest absolute Gasteiger partial charge is 0.323 e. The second-order valence-electron chi connectivity index (χ2n) is 13.1. The van der Waals surface area contributed by atoms with Crippen LogP contribution in [0.15, 0.2) is 45.8 Å². The third-order valence-corrected chi connectivity index (χ3v) is 11.1. The summed E-state index contributed by atoms with van der Waals surface area (Å²) < 4.78 is 56.9. The fourth-order valence-electron chi connectivity index (χ4n) is 6.08. The molecule has 1 aromatic heterocycles. The fourth-order valence-corrected chi connectivity index (χ4v) is 7.55. The first-order valence-electron chi connectivity index (χ1n) is 17.0. The molecular formula is C35H47N5O10S. The van der Waals surface area contributed by atoms with E-state index >= 15 is 0 Å². The Bertz CT molecular complexity index is 1800. The number of aliphatic hydroxyl groups excluding tert-OH is 1. The topological polar surface area (TPSA) is 182 Å². The molecule has 3 N–H and O–H groups in total. The van der Waals surface area contributed by atoms with E-state index in [4.69, 9.17) is 23.5 Å². The molecule has 3 heterocycles. The van der Waals surface area contributed by atoms with Crippen LogP contribution in [0, 0.1) is 19.8 Å². The lowest BCUT2D eigenvalue weighted by atomic mass is 10.0. The summed E-state index contributed by atoms with van der Waals surface area (Å²) in [5.74, 6) is 0.838. The van der Waals surface area contributed by atoms with Gasteiger partial charge in [-0.3, -0.25) is 4.79 Å². The summed E-state index contributed by atoms with van der Waals surface area (Å²) in [7, 11) is -2.48. The molecule has 3 aromatic rings. The number of carbonyl (C=O) groups excluding carboxylic acids is 2. The Labute approximate surface area is 298 Å². The molecule has 0 spiro atoms. The van der Waals surface area contributed by atoms with E-state index in [0.717, 1.165) is 6.42 Å². The highest BCUT2D eigenvalue weighted by atomic mass is 32.2. The largest absolute Gasteiger partial charge is 0.490 e. The second kappa shape index (κ2) is 16.3. The van der Waals surface area contributed by atoms with E-state index in [-0.39, 0.29) is 60.4 Å². The maximum atomic E-state index is 14.4. The predicted octanol–water partition coefficient (Wildman–Crippen LogP) is 4.78. The van der Waals surface area contributed by atoms with E-state index in [1.54, 1.807) is 57.2 Å². The maximum Gasteiger partial charge on any atom is 0.323 e. The van der Waals surface area contributed by atoms with E-state index in [1.165, 1.54) is 16.3 Å². The van der Waals surface area contributed by atoms with E-state index < -0.39 is 34.1 Å². The zero-order chi connectivity index (χ0) is 36.9. The Balaban J connectivity index is 1.40. The molecule has 2 aromatic carbocycles. The molecule has 278 valence electrons. The normalized spacial score (nSPS) is 20.7. The van der Waals surface area contributed by atoms with Crippen LogP contribution < -0.4 is 24.8 Å². The van der Waals surface area contributed by atoms with Crippen LogP contribution in [-0.4, -0.2) is 98.2 Å². The van der Waals surface area contributed by atoms with Crippen LogP contribution in [0.3, 0.4) is 0 Å². The number of nitrogens with zero attached hydrogens (tertiary/aromatic N) is 3. The number of aromatic nitrogens is 1. The molecule has 15 nitrogen and oxygen atoms in total. The lowest BCUT2D eigenvalue weighted by molar-refractivity contribution is -0.00835. The minimum absolute atomic E-state index is 0.00570. The van der Waals surface area contributed by atoms with Crippen molar-refractivity contribution < 1.29 is 46.6 Å². The van der Waals surface area contributed by atoms with E-state index in [1.807, 2.05) is 13.8 Å². The predicted molar refractivity (Wildman–Crippen MR) is 188 cm³/mol. The monoisotopic (exact) mass is 729 g/mol. The number of rotatable bonds is 8. The molecule has 51 heavy (non-hydrogen) atoms. The summed E-state index contributed by atoms with van der Waals surface area (Å²) >= 11 is 0. The van der Waals surface area contributed by atoms with Crippen molar-refractivity contribution in [1.29, 1.82) is 0 Å². The van der Waals surface area contributed by atoms with Crippen molar-refractivity contribution in [3.63, 3.8) is 0 Å². The average molecular weight is 730 g/mol. The number of aryl methyl sites for hydroxylation is 2. The van der Waals surface area contributed by atoms with E-state index in [2.05, 4.69) is 15.8 Å². The fraction of sp³-hybridized carbons (Fsp3) is 0.514. The van der Waals surface area contributed by atoms with Crippen LogP contribution in [-0.2, 0) is 14.8 Å². The number of urea groups is 1. The number of aliphatic hydroxyl groups is 1. The first-order chi connectivity index (χ1) is 24.3. The standard InChI is InChI=1S/C35H47N5O10S/c1-21-17-40(22(2)19-41)34(42)28-15-26(36-35(43)37-27-11-13-30-31(16-27)48-20-47-30)10-12-29(28)49-23(3)9-7-8-14-46-32(21)18-39(6)51(44,45)33-24(4)38-50-25(33)5/h10-13,15-16,21-23,32,41H,7-9,14,17-20H2,1-6H3,(H2,36,37,43)/t21-,22+,23-,32+/m1/s1. The summed E-state index contributed by atoms with van der Waals surface area (Å²) in [6, 6.07) is 8.74. The molecule has 2 aliphatic rings. The molecule has 0 radical (unpaired) electrons. The van der Waals surface area contributed by atoms with Gasteiger partial charge in [0.05, 0.1) is 30.4 Å².